The van der Waals surface area contributed by atoms with E-state index in [1.165, 1.54) is 24.1 Å². The molecule has 2 heteroatoms. The molecule has 0 heterocycles. The maximum Gasteiger partial charge on any atom is 0.0628 e. The van der Waals surface area contributed by atoms with Crippen LogP contribution in [0.3, 0.4) is 0 Å². The molecule has 1 aromatic rings. The molecular weight excluding hydrogens is 208 g/mol. The summed E-state index contributed by atoms with van der Waals surface area (Å²) < 4.78 is 0. The van der Waals surface area contributed by atoms with Crippen molar-refractivity contribution in [2.45, 2.75) is 33.1 Å². The summed E-state index contributed by atoms with van der Waals surface area (Å²) in [5.74, 6) is 0. The van der Waals surface area contributed by atoms with Crippen LogP contribution in [0, 0.1) is 23.7 Å². The lowest BCUT2D eigenvalue weighted by atomic mass is 10.0. The first-order chi connectivity index (χ1) is 8.19. The molecule has 2 nitrogen and oxygen atoms in total. The van der Waals surface area contributed by atoms with Crippen LogP contribution in [0.1, 0.15) is 31.7 Å². The summed E-state index contributed by atoms with van der Waals surface area (Å²) in [6.07, 6.45) is 3.13. The zero-order valence-electron chi connectivity index (χ0n) is 10.7. The number of aryl methyl sites for hydroxylation is 1. The number of anilines is 1. The Bertz CT molecular complexity index is 410. The maximum atomic E-state index is 8.87. The second-order valence-corrected chi connectivity index (χ2v) is 5.18. The zero-order valence-corrected chi connectivity index (χ0v) is 10.7. The van der Waals surface area contributed by atoms with E-state index in [4.69, 9.17) is 5.26 Å². The minimum atomic E-state index is 0.287. The number of hydrogen-bond acceptors (Lipinski definition) is 2. The first kappa shape index (κ1) is 12.0. The van der Waals surface area contributed by atoms with Crippen molar-refractivity contribution in [2.75, 3.05) is 18.0 Å². The molecular formula is C15H20N2. The lowest BCUT2D eigenvalue weighted by Gasteiger charge is -2.27. The highest BCUT2D eigenvalue weighted by Crippen LogP contribution is 2.49. The van der Waals surface area contributed by atoms with Gasteiger partial charge in [0.1, 0.15) is 0 Å². The Morgan fingerprint density at radius 2 is 1.94 bits per heavy atom. The summed E-state index contributed by atoms with van der Waals surface area (Å²) in [6, 6.07) is 11.0. The molecule has 1 saturated carbocycles. The van der Waals surface area contributed by atoms with Crippen LogP contribution in [-0.2, 0) is 0 Å². The standard InChI is InChI=1S/C15H20N2/c1-3-17(12-15(8-9-15)10-11-16)14-6-4-13(2)5-7-14/h4-7H,3,8-10,12H2,1-2H3. The van der Waals surface area contributed by atoms with Crippen molar-refractivity contribution in [1.82, 2.24) is 0 Å². The fourth-order valence-corrected chi connectivity index (χ4v) is 2.28. The minimum Gasteiger partial charge on any atom is -0.371 e. The molecule has 0 aromatic heterocycles. The number of hydrogen-bond donors (Lipinski definition) is 0. The van der Waals surface area contributed by atoms with Crippen LogP contribution in [0.4, 0.5) is 5.69 Å². The highest BCUT2D eigenvalue weighted by molar-refractivity contribution is 5.48. The van der Waals surface area contributed by atoms with Gasteiger partial charge in [-0.05, 0) is 38.8 Å². The third kappa shape index (κ3) is 2.79. The predicted molar refractivity (Wildman–Crippen MR) is 71.0 cm³/mol. The van der Waals surface area contributed by atoms with Crippen LogP contribution < -0.4 is 4.90 Å². The monoisotopic (exact) mass is 228 g/mol. The summed E-state index contributed by atoms with van der Waals surface area (Å²) in [4.78, 5) is 2.39. The van der Waals surface area contributed by atoms with Gasteiger partial charge < -0.3 is 4.90 Å². The summed E-state index contributed by atoms with van der Waals surface area (Å²) in [7, 11) is 0. The highest BCUT2D eigenvalue weighted by atomic mass is 15.1. The molecule has 0 unspecified atom stereocenters. The van der Waals surface area contributed by atoms with Crippen LogP contribution in [0.15, 0.2) is 24.3 Å². The molecule has 17 heavy (non-hydrogen) atoms. The van der Waals surface area contributed by atoms with Crippen molar-refractivity contribution in [3.63, 3.8) is 0 Å². The number of rotatable bonds is 5. The van der Waals surface area contributed by atoms with Crippen LogP contribution in [0.25, 0.3) is 0 Å². The highest BCUT2D eigenvalue weighted by Gasteiger charge is 2.43. The van der Waals surface area contributed by atoms with Crippen molar-refractivity contribution in [1.29, 1.82) is 5.26 Å². The lowest BCUT2D eigenvalue weighted by molar-refractivity contribution is 0.513. The van der Waals surface area contributed by atoms with Crippen molar-refractivity contribution >= 4 is 5.69 Å². The van der Waals surface area contributed by atoms with Gasteiger partial charge in [-0.1, -0.05) is 17.7 Å². The first-order valence-electron chi connectivity index (χ1n) is 6.38. The van der Waals surface area contributed by atoms with Crippen LogP contribution >= 0.6 is 0 Å². The van der Waals surface area contributed by atoms with E-state index >= 15 is 0 Å². The molecule has 1 fully saturated rings. The van der Waals surface area contributed by atoms with Gasteiger partial charge in [0.2, 0.25) is 0 Å². The van der Waals surface area contributed by atoms with E-state index in [-0.39, 0.29) is 5.41 Å². The third-order valence-corrected chi connectivity index (χ3v) is 3.72. The molecule has 0 atom stereocenters. The van der Waals surface area contributed by atoms with Crippen molar-refractivity contribution in [3.8, 4) is 6.07 Å². The number of benzene rings is 1. The molecule has 0 aliphatic heterocycles. The second kappa shape index (κ2) is 4.79. The molecule has 0 N–H and O–H groups in total. The molecule has 0 amide bonds. The number of nitriles is 1. The Kier molecular flexibility index (Phi) is 3.38. The zero-order chi connectivity index (χ0) is 12.3. The molecule has 1 aromatic carbocycles. The Balaban J connectivity index is 2.07. The quantitative estimate of drug-likeness (QED) is 0.771. The summed E-state index contributed by atoms with van der Waals surface area (Å²) >= 11 is 0. The maximum absolute atomic E-state index is 8.87. The topological polar surface area (TPSA) is 27.0 Å². The largest absolute Gasteiger partial charge is 0.371 e. The Labute approximate surface area is 104 Å². The Morgan fingerprint density at radius 3 is 2.41 bits per heavy atom. The Hall–Kier alpha value is -1.49. The van der Waals surface area contributed by atoms with Gasteiger partial charge in [0.15, 0.2) is 0 Å². The molecule has 0 saturated heterocycles. The number of nitrogens with zero attached hydrogens (tertiary/aromatic N) is 2. The predicted octanol–water partition coefficient (Wildman–Crippen LogP) is 3.52. The van der Waals surface area contributed by atoms with Gasteiger partial charge in [-0.25, -0.2) is 0 Å². The lowest BCUT2D eigenvalue weighted by Crippen LogP contribution is -2.30. The van der Waals surface area contributed by atoms with Gasteiger partial charge >= 0.3 is 0 Å². The summed E-state index contributed by atoms with van der Waals surface area (Å²) in [5.41, 5.74) is 2.86. The fourth-order valence-electron chi connectivity index (χ4n) is 2.28. The van der Waals surface area contributed by atoms with E-state index < -0.39 is 0 Å². The van der Waals surface area contributed by atoms with E-state index in [1.54, 1.807) is 0 Å². The first-order valence-corrected chi connectivity index (χ1v) is 6.38. The van der Waals surface area contributed by atoms with Gasteiger partial charge in [0.05, 0.1) is 6.07 Å². The van der Waals surface area contributed by atoms with Gasteiger partial charge in [0.25, 0.3) is 0 Å². The van der Waals surface area contributed by atoms with E-state index in [0.29, 0.717) is 6.42 Å². The van der Waals surface area contributed by atoms with Gasteiger partial charge in [-0.3, -0.25) is 0 Å². The molecule has 0 bridgehead atoms. The normalized spacial score (nSPS) is 16.3. The second-order valence-electron chi connectivity index (χ2n) is 5.18. The van der Waals surface area contributed by atoms with E-state index in [1.807, 2.05) is 0 Å². The fraction of sp³-hybridized carbons (Fsp3) is 0.533. The minimum absolute atomic E-state index is 0.287. The van der Waals surface area contributed by atoms with Crippen LogP contribution in [0.2, 0.25) is 0 Å². The van der Waals surface area contributed by atoms with E-state index in [2.05, 4.69) is 49.1 Å². The average Bonchev–Trinajstić information content (AvgIpc) is 3.08. The third-order valence-electron chi connectivity index (χ3n) is 3.72. The smallest absolute Gasteiger partial charge is 0.0628 e. The molecule has 1 aliphatic rings. The average molecular weight is 228 g/mol. The molecule has 90 valence electrons. The van der Waals surface area contributed by atoms with Crippen molar-refractivity contribution in [3.05, 3.63) is 29.8 Å². The van der Waals surface area contributed by atoms with Crippen molar-refractivity contribution in [2.24, 2.45) is 5.41 Å². The Morgan fingerprint density at radius 1 is 1.29 bits per heavy atom. The SMILES string of the molecule is CCN(CC1(CC#N)CC1)c1ccc(C)cc1. The molecule has 0 radical (unpaired) electrons. The van der Waals surface area contributed by atoms with E-state index in [0.717, 1.165) is 13.1 Å². The molecule has 1 aliphatic carbocycles. The van der Waals surface area contributed by atoms with Crippen molar-refractivity contribution < 1.29 is 0 Å². The van der Waals surface area contributed by atoms with Gasteiger partial charge in [-0.2, -0.15) is 5.26 Å². The summed E-state index contributed by atoms with van der Waals surface area (Å²) in [6.45, 7) is 6.33. The van der Waals surface area contributed by atoms with Crippen LogP contribution in [0.5, 0.6) is 0 Å². The molecule has 0 spiro atoms. The summed E-state index contributed by atoms with van der Waals surface area (Å²) in [5, 5.41) is 8.87. The van der Waals surface area contributed by atoms with Gasteiger partial charge in [0, 0.05) is 30.6 Å². The van der Waals surface area contributed by atoms with E-state index in [9.17, 15) is 0 Å². The molecule has 2 rings (SSSR count). The van der Waals surface area contributed by atoms with Crippen LogP contribution in [-0.4, -0.2) is 13.1 Å². The van der Waals surface area contributed by atoms with Gasteiger partial charge in [-0.15, -0.1) is 0 Å².